The molecule has 0 spiro atoms. The molecule has 5 nitrogen and oxygen atoms in total. The van der Waals surface area contributed by atoms with Crippen LogP contribution in [0.1, 0.15) is 19.4 Å². The van der Waals surface area contributed by atoms with Crippen LogP contribution in [-0.2, 0) is 17.8 Å². The average Bonchev–Trinajstić information content (AvgIpc) is 3.17. The molecule has 26 heavy (non-hydrogen) atoms. The fourth-order valence-corrected chi connectivity index (χ4v) is 3.28. The number of aromatic nitrogens is 3. The summed E-state index contributed by atoms with van der Waals surface area (Å²) in [5, 5.41) is 7.53. The number of benzene rings is 1. The largest absolute Gasteiger partial charge is 0.310 e. The zero-order valence-electron chi connectivity index (χ0n) is 14.7. The summed E-state index contributed by atoms with van der Waals surface area (Å²) in [5.41, 5.74) is 4.35. The zero-order valence-corrected chi connectivity index (χ0v) is 14.7. The predicted molar refractivity (Wildman–Crippen MR) is 98.0 cm³/mol. The molecule has 6 heteroatoms. The zero-order chi connectivity index (χ0) is 18.3. The first-order chi connectivity index (χ1) is 12.5. The van der Waals surface area contributed by atoms with Crippen LogP contribution >= 0.6 is 0 Å². The Morgan fingerprint density at radius 3 is 2.69 bits per heavy atom. The van der Waals surface area contributed by atoms with Crippen molar-refractivity contribution in [2.75, 3.05) is 5.32 Å². The van der Waals surface area contributed by atoms with E-state index in [1.807, 2.05) is 16.9 Å². The molecular weight excluding hydrogens is 331 g/mol. The number of carbonyl (C=O) groups is 1. The molecule has 1 aliphatic heterocycles. The van der Waals surface area contributed by atoms with Crippen LogP contribution in [0.2, 0.25) is 0 Å². The minimum atomic E-state index is -0.281. The second-order valence-electron chi connectivity index (χ2n) is 6.92. The van der Waals surface area contributed by atoms with Gasteiger partial charge in [-0.3, -0.25) is 9.48 Å². The van der Waals surface area contributed by atoms with Gasteiger partial charge in [0.05, 0.1) is 6.42 Å². The third-order valence-corrected chi connectivity index (χ3v) is 4.37. The maximum absolute atomic E-state index is 13.3. The fourth-order valence-electron chi connectivity index (χ4n) is 3.28. The van der Waals surface area contributed by atoms with Gasteiger partial charge >= 0.3 is 0 Å². The van der Waals surface area contributed by atoms with Crippen LogP contribution in [0.5, 0.6) is 0 Å². The summed E-state index contributed by atoms with van der Waals surface area (Å²) in [7, 11) is 0. The lowest BCUT2D eigenvalue weighted by atomic mass is 9.97. The molecule has 3 heterocycles. The van der Waals surface area contributed by atoms with Crippen LogP contribution in [0.3, 0.4) is 0 Å². The Hall–Kier alpha value is -3.02. The van der Waals surface area contributed by atoms with E-state index in [2.05, 4.69) is 24.1 Å². The molecule has 0 unspecified atom stereocenters. The SMILES string of the molecule is CC(C)Cn1cc(-c2ccnc3c2CC(=O)N3)c(-c2ccc(F)cc2)n1. The van der Waals surface area contributed by atoms with Gasteiger partial charge in [-0.1, -0.05) is 13.8 Å². The Bertz CT molecular complexity index is 976. The Labute approximate surface area is 150 Å². The summed E-state index contributed by atoms with van der Waals surface area (Å²) >= 11 is 0. The van der Waals surface area contributed by atoms with Crippen molar-refractivity contribution < 1.29 is 9.18 Å². The maximum Gasteiger partial charge on any atom is 0.230 e. The average molecular weight is 350 g/mol. The molecule has 2 aromatic heterocycles. The highest BCUT2D eigenvalue weighted by Crippen LogP contribution is 2.37. The summed E-state index contributed by atoms with van der Waals surface area (Å²) < 4.78 is 15.3. The van der Waals surface area contributed by atoms with E-state index in [1.165, 1.54) is 12.1 Å². The van der Waals surface area contributed by atoms with E-state index in [9.17, 15) is 9.18 Å². The van der Waals surface area contributed by atoms with Gasteiger partial charge in [0.2, 0.25) is 5.91 Å². The molecule has 0 fully saturated rings. The molecule has 0 saturated heterocycles. The molecule has 0 bridgehead atoms. The molecule has 1 N–H and O–H groups in total. The van der Waals surface area contributed by atoms with Gasteiger partial charge in [0.15, 0.2) is 0 Å². The Kier molecular flexibility index (Phi) is 4.03. The van der Waals surface area contributed by atoms with Crippen molar-refractivity contribution in [3.63, 3.8) is 0 Å². The van der Waals surface area contributed by atoms with Crippen molar-refractivity contribution in [1.82, 2.24) is 14.8 Å². The summed E-state index contributed by atoms with van der Waals surface area (Å²) in [6, 6.07) is 8.23. The number of rotatable bonds is 4. The van der Waals surface area contributed by atoms with Crippen molar-refractivity contribution >= 4 is 11.7 Å². The van der Waals surface area contributed by atoms with E-state index in [1.54, 1.807) is 18.3 Å². The molecule has 4 rings (SSSR count). The number of hydrogen-bond donors (Lipinski definition) is 1. The molecule has 0 radical (unpaired) electrons. The monoisotopic (exact) mass is 350 g/mol. The standard InChI is InChI=1S/C20H19FN4O/c1-12(2)10-25-11-17(19(24-25)13-3-5-14(21)6-4-13)15-7-8-22-20-16(15)9-18(26)23-20/h3-8,11-12H,9-10H2,1-2H3,(H,22,23,26). The minimum Gasteiger partial charge on any atom is -0.310 e. The van der Waals surface area contributed by atoms with Crippen molar-refractivity contribution in [2.24, 2.45) is 5.92 Å². The summed E-state index contributed by atoms with van der Waals surface area (Å²) in [6.45, 7) is 5.04. The first-order valence-electron chi connectivity index (χ1n) is 8.63. The van der Waals surface area contributed by atoms with Gasteiger partial charge in [-0.05, 0) is 41.8 Å². The Morgan fingerprint density at radius 1 is 1.19 bits per heavy atom. The second kappa shape index (κ2) is 6.37. The lowest BCUT2D eigenvalue weighted by Gasteiger charge is -2.07. The number of pyridine rings is 1. The van der Waals surface area contributed by atoms with E-state index in [-0.39, 0.29) is 11.7 Å². The van der Waals surface area contributed by atoms with Gasteiger partial charge in [-0.25, -0.2) is 9.37 Å². The van der Waals surface area contributed by atoms with Crippen LogP contribution in [0.25, 0.3) is 22.4 Å². The Balaban J connectivity index is 1.88. The van der Waals surface area contributed by atoms with Crippen LogP contribution in [0, 0.1) is 11.7 Å². The minimum absolute atomic E-state index is 0.0575. The number of halogens is 1. The van der Waals surface area contributed by atoms with Crippen LogP contribution in [0.15, 0.2) is 42.7 Å². The van der Waals surface area contributed by atoms with Gasteiger partial charge in [0.1, 0.15) is 17.3 Å². The highest BCUT2D eigenvalue weighted by atomic mass is 19.1. The van der Waals surface area contributed by atoms with E-state index in [4.69, 9.17) is 5.10 Å². The number of nitrogens with one attached hydrogen (secondary N) is 1. The third kappa shape index (κ3) is 2.98. The number of carbonyl (C=O) groups excluding carboxylic acids is 1. The molecule has 0 aliphatic carbocycles. The topological polar surface area (TPSA) is 59.8 Å². The molecule has 1 amide bonds. The van der Waals surface area contributed by atoms with E-state index < -0.39 is 0 Å². The summed E-state index contributed by atoms with van der Waals surface area (Å²) in [6.07, 6.45) is 3.99. The molecular formula is C20H19FN4O. The number of anilines is 1. The molecule has 0 saturated carbocycles. The van der Waals surface area contributed by atoms with Crippen LogP contribution < -0.4 is 5.32 Å². The third-order valence-electron chi connectivity index (χ3n) is 4.37. The van der Waals surface area contributed by atoms with E-state index in [0.29, 0.717) is 18.2 Å². The van der Waals surface area contributed by atoms with Crippen LogP contribution in [0.4, 0.5) is 10.2 Å². The summed E-state index contributed by atoms with van der Waals surface area (Å²) in [5.74, 6) is 0.707. The lowest BCUT2D eigenvalue weighted by Crippen LogP contribution is -2.04. The number of hydrogen-bond acceptors (Lipinski definition) is 3. The number of nitrogens with zero attached hydrogens (tertiary/aromatic N) is 3. The molecule has 0 atom stereocenters. The van der Waals surface area contributed by atoms with E-state index >= 15 is 0 Å². The van der Waals surface area contributed by atoms with Gasteiger partial charge < -0.3 is 5.32 Å². The van der Waals surface area contributed by atoms with Gasteiger partial charge in [-0.15, -0.1) is 0 Å². The first-order valence-corrected chi connectivity index (χ1v) is 8.63. The van der Waals surface area contributed by atoms with Crippen molar-refractivity contribution in [2.45, 2.75) is 26.8 Å². The first kappa shape index (κ1) is 16.4. The normalized spacial score (nSPS) is 13.2. The number of fused-ring (bicyclic) bond motifs is 1. The molecule has 1 aromatic carbocycles. The molecule has 1 aliphatic rings. The lowest BCUT2D eigenvalue weighted by molar-refractivity contribution is -0.115. The van der Waals surface area contributed by atoms with Crippen molar-refractivity contribution in [3.8, 4) is 22.4 Å². The second-order valence-corrected chi connectivity index (χ2v) is 6.92. The highest BCUT2D eigenvalue weighted by molar-refractivity contribution is 6.01. The molecule has 3 aromatic rings. The van der Waals surface area contributed by atoms with E-state index in [0.717, 1.165) is 34.5 Å². The van der Waals surface area contributed by atoms with Gasteiger partial charge in [0.25, 0.3) is 0 Å². The molecule has 132 valence electrons. The fraction of sp³-hybridized carbons (Fsp3) is 0.250. The predicted octanol–water partition coefficient (Wildman–Crippen LogP) is 3.90. The van der Waals surface area contributed by atoms with Crippen molar-refractivity contribution in [1.29, 1.82) is 0 Å². The highest BCUT2D eigenvalue weighted by Gasteiger charge is 2.25. The number of amides is 1. The summed E-state index contributed by atoms with van der Waals surface area (Å²) in [4.78, 5) is 16.1. The van der Waals surface area contributed by atoms with Gasteiger partial charge in [-0.2, -0.15) is 5.10 Å². The Morgan fingerprint density at radius 2 is 1.96 bits per heavy atom. The smallest absolute Gasteiger partial charge is 0.230 e. The quantitative estimate of drug-likeness (QED) is 0.776. The maximum atomic E-state index is 13.3. The van der Waals surface area contributed by atoms with Gasteiger partial charge in [0, 0.05) is 35.6 Å². The van der Waals surface area contributed by atoms with Crippen molar-refractivity contribution in [3.05, 3.63) is 54.1 Å². The van der Waals surface area contributed by atoms with Crippen LogP contribution in [-0.4, -0.2) is 20.7 Å².